The van der Waals surface area contributed by atoms with Crippen LogP contribution >= 0.6 is 0 Å². The molecule has 1 aliphatic rings. The van der Waals surface area contributed by atoms with Crippen LogP contribution in [0.4, 0.5) is 0 Å². The van der Waals surface area contributed by atoms with E-state index in [1.807, 2.05) is 17.8 Å². The molecule has 1 unspecified atom stereocenters. The van der Waals surface area contributed by atoms with Crippen LogP contribution in [0.2, 0.25) is 0 Å². The van der Waals surface area contributed by atoms with Crippen LogP contribution in [0, 0.1) is 0 Å². The highest BCUT2D eigenvalue weighted by Gasteiger charge is 2.27. The van der Waals surface area contributed by atoms with Crippen molar-refractivity contribution in [2.45, 2.75) is 31.6 Å². The summed E-state index contributed by atoms with van der Waals surface area (Å²) in [4.78, 5) is 4.53. The molecule has 1 N–H and O–H groups in total. The largest absolute Gasteiger partial charge is 0.339 e. The zero-order chi connectivity index (χ0) is 14.2. The average molecular weight is 285 g/mol. The molecule has 0 amide bonds. The van der Waals surface area contributed by atoms with Crippen molar-refractivity contribution in [3.05, 3.63) is 41.1 Å². The average Bonchev–Trinajstić information content (AvgIpc) is 3.20. The van der Waals surface area contributed by atoms with Crippen molar-refractivity contribution in [3.8, 4) is 0 Å². The molecule has 1 atom stereocenters. The minimum absolute atomic E-state index is 0.232. The molecule has 8 nitrogen and oxygen atoms in total. The number of nitrogens with zero attached hydrogens (tertiary/aromatic N) is 6. The summed E-state index contributed by atoms with van der Waals surface area (Å²) in [7, 11) is 1.91. The minimum Gasteiger partial charge on any atom is -0.339 e. The smallest absolute Gasteiger partial charge is 0.230 e. The van der Waals surface area contributed by atoms with Crippen molar-refractivity contribution in [3.63, 3.8) is 0 Å². The van der Waals surface area contributed by atoms with Gasteiger partial charge in [-0.15, -0.1) is 0 Å². The number of aromatic nitrogens is 7. The van der Waals surface area contributed by atoms with E-state index in [0.717, 1.165) is 36.3 Å². The molecule has 3 aromatic rings. The quantitative estimate of drug-likeness (QED) is 0.763. The van der Waals surface area contributed by atoms with Crippen molar-refractivity contribution in [1.29, 1.82) is 0 Å². The van der Waals surface area contributed by atoms with Gasteiger partial charge >= 0.3 is 0 Å². The lowest BCUT2D eigenvalue weighted by molar-refractivity contribution is 0.336. The molecule has 3 heterocycles. The fourth-order valence-electron chi connectivity index (χ4n) is 2.74. The van der Waals surface area contributed by atoms with E-state index in [1.54, 1.807) is 6.20 Å². The Morgan fingerprint density at radius 1 is 1.38 bits per heavy atom. The highest BCUT2D eigenvalue weighted by Crippen LogP contribution is 2.29. The van der Waals surface area contributed by atoms with Gasteiger partial charge in [0, 0.05) is 31.3 Å². The first-order valence-corrected chi connectivity index (χ1v) is 6.97. The summed E-state index contributed by atoms with van der Waals surface area (Å²) in [6.45, 7) is 0. The molecule has 0 fully saturated rings. The van der Waals surface area contributed by atoms with Gasteiger partial charge < -0.3 is 4.52 Å². The highest BCUT2D eigenvalue weighted by molar-refractivity contribution is 5.17. The van der Waals surface area contributed by atoms with Crippen LogP contribution in [0.3, 0.4) is 0 Å². The third-order valence-electron chi connectivity index (χ3n) is 3.97. The molecule has 0 aliphatic heterocycles. The SMILES string of the molecule is Cn1nccc1Cc1noc(C2CCc3n[nH]nc3C2)n1. The van der Waals surface area contributed by atoms with E-state index in [0.29, 0.717) is 18.1 Å². The first-order valence-electron chi connectivity index (χ1n) is 6.97. The summed E-state index contributed by atoms with van der Waals surface area (Å²) >= 11 is 0. The topological polar surface area (TPSA) is 98.3 Å². The van der Waals surface area contributed by atoms with Gasteiger partial charge in [0.1, 0.15) is 0 Å². The Bertz CT molecular complexity index is 756. The molecule has 0 saturated carbocycles. The summed E-state index contributed by atoms with van der Waals surface area (Å²) in [5.41, 5.74) is 3.13. The fraction of sp³-hybridized carbons (Fsp3) is 0.462. The van der Waals surface area contributed by atoms with Crippen molar-refractivity contribution in [2.24, 2.45) is 7.05 Å². The summed E-state index contributed by atoms with van der Waals surface area (Å²) in [5.74, 6) is 1.62. The second-order valence-electron chi connectivity index (χ2n) is 5.33. The predicted molar refractivity (Wildman–Crippen MR) is 71.5 cm³/mol. The number of hydrogen-bond donors (Lipinski definition) is 1. The van der Waals surface area contributed by atoms with Crippen molar-refractivity contribution >= 4 is 0 Å². The lowest BCUT2D eigenvalue weighted by Crippen LogP contribution is -2.13. The normalized spacial score (nSPS) is 17.9. The second-order valence-corrected chi connectivity index (χ2v) is 5.33. The molecule has 4 rings (SSSR count). The van der Waals surface area contributed by atoms with E-state index in [2.05, 4.69) is 30.7 Å². The zero-order valence-corrected chi connectivity index (χ0v) is 11.7. The summed E-state index contributed by atoms with van der Waals surface area (Å²) in [5, 5.41) is 19.2. The first kappa shape index (κ1) is 12.2. The van der Waals surface area contributed by atoms with Crippen LogP contribution in [0.15, 0.2) is 16.8 Å². The Hall–Kier alpha value is -2.51. The number of aryl methyl sites for hydroxylation is 2. The highest BCUT2D eigenvalue weighted by atomic mass is 16.5. The number of nitrogens with one attached hydrogen (secondary N) is 1. The Labute approximate surface area is 120 Å². The number of H-pyrrole nitrogens is 1. The maximum Gasteiger partial charge on any atom is 0.230 e. The maximum atomic E-state index is 5.44. The van der Waals surface area contributed by atoms with Gasteiger partial charge in [0.05, 0.1) is 17.8 Å². The van der Waals surface area contributed by atoms with Gasteiger partial charge in [-0.25, -0.2) is 0 Å². The second kappa shape index (κ2) is 4.80. The number of aromatic amines is 1. The first-order chi connectivity index (χ1) is 10.3. The van der Waals surface area contributed by atoms with E-state index >= 15 is 0 Å². The lowest BCUT2D eigenvalue weighted by atomic mass is 9.90. The minimum atomic E-state index is 0.232. The Morgan fingerprint density at radius 2 is 2.29 bits per heavy atom. The molecule has 3 aromatic heterocycles. The van der Waals surface area contributed by atoms with Gasteiger partial charge in [0.15, 0.2) is 5.82 Å². The molecular weight excluding hydrogens is 270 g/mol. The third kappa shape index (κ3) is 2.22. The van der Waals surface area contributed by atoms with E-state index in [-0.39, 0.29) is 5.92 Å². The van der Waals surface area contributed by atoms with Crippen LogP contribution in [0.1, 0.15) is 41.1 Å². The zero-order valence-electron chi connectivity index (χ0n) is 11.7. The van der Waals surface area contributed by atoms with Gasteiger partial charge in [0.25, 0.3) is 0 Å². The summed E-state index contributed by atoms with van der Waals surface area (Å²) in [6, 6.07) is 1.96. The van der Waals surface area contributed by atoms with Crippen molar-refractivity contribution < 1.29 is 4.52 Å². The molecule has 0 spiro atoms. The van der Waals surface area contributed by atoms with E-state index in [4.69, 9.17) is 4.52 Å². The summed E-state index contributed by atoms with van der Waals surface area (Å²) in [6.07, 6.45) is 5.06. The van der Waals surface area contributed by atoms with Gasteiger partial charge in [-0.05, 0) is 18.9 Å². The van der Waals surface area contributed by atoms with Gasteiger partial charge in [-0.3, -0.25) is 4.68 Å². The molecule has 1 aliphatic carbocycles. The Kier molecular flexibility index (Phi) is 2.80. The van der Waals surface area contributed by atoms with Crippen molar-refractivity contribution in [2.75, 3.05) is 0 Å². The van der Waals surface area contributed by atoms with E-state index < -0.39 is 0 Å². The van der Waals surface area contributed by atoms with Crippen molar-refractivity contribution in [1.82, 2.24) is 35.3 Å². The lowest BCUT2D eigenvalue weighted by Gasteiger charge is -2.15. The fourth-order valence-corrected chi connectivity index (χ4v) is 2.74. The third-order valence-corrected chi connectivity index (χ3v) is 3.97. The summed E-state index contributed by atoms with van der Waals surface area (Å²) < 4.78 is 7.25. The van der Waals surface area contributed by atoms with Crippen LogP contribution in [0.25, 0.3) is 0 Å². The molecule has 21 heavy (non-hydrogen) atoms. The van der Waals surface area contributed by atoms with Crippen LogP contribution in [-0.4, -0.2) is 35.3 Å². The predicted octanol–water partition coefficient (Wildman–Crippen LogP) is 0.784. The monoisotopic (exact) mass is 285 g/mol. The van der Waals surface area contributed by atoms with E-state index in [9.17, 15) is 0 Å². The number of rotatable bonds is 3. The molecule has 0 radical (unpaired) electrons. The molecular formula is C13H15N7O. The van der Waals surface area contributed by atoms with E-state index in [1.165, 1.54) is 0 Å². The molecule has 0 saturated heterocycles. The molecule has 108 valence electrons. The molecule has 0 aromatic carbocycles. The van der Waals surface area contributed by atoms with Gasteiger partial charge in [0.2, 0.25) is 5.89 Å². The standard InChI is InChI=1S/C13H15N7O/c1-20-9(4-5-14-20)7-12-15-13(21-18-12)8-2-3-10-11(6-8)17-19-16-10/h4-5,8H,2-3,6-7H2,1H3,(H,16,17,19). The molecule has 8 heteroatoms. The van der Waals surface area contributed by atoms with Gasteiger partial charge in [-0.1, -0.05) is 5.16 Å². The Balaban J connectivity index is 1.51. The van der Waals surface area contributed by atoms with Crippen LogP contribution in [0.5, 0.6) is 0 Å². The Morgan fingerprint density at radius 3 is 3.14 bits per heavy atom. The maximum absolute atomic E-state index is 5.44. The molecule has 0 bridgehead atoms. The number of hydrogen-bond acceptors (Lipinski definition) is 6. The van der Waals surface area contributed by atoms with Crippen LogP contribution in [-0.2, 0) is 26.3 Å². The van der Waals surface area contributed by atoms with Crippen LogP contribution < -0.4 is 0 Å². The number of fused-ring (bicyclic) bond motifs is 1. The van der Waals surface area contributed by atoms with Gasteiger partial charge in [-0.2, -0.15) is 25.5 Å².